The van der Waals surface area contributed by atoms with Gasteiger partial charge in [0.15, 0.2) is 0 Å². The van der Waals surface area contributed by atoms with Crippen molar-refractivity contribution in [2.75, 3.05) is 13.1 Å². The number of carbonyl (C=O) groups excluding carboxylic acids is 1. The molecule has 1 atom stereocenters. The zero-order valence-electron chi connectivity index (χ0n) is 14.7. The summed E-state index contributed by atoms with van der Waals surface area (Å²) < 4.78 is 20.4. The molecule has 3 heterocycles. The molecule has 27 heavy (non-hydrogen) atoms. The Kier molecular flexibility index (Phi) is 4.53. The van der Waals surface area contributed by atoms with Gasteiger partial charge in [0, 0.05) is 37.8 Å². The zero-order valence-corrected chi connectivity index (χ0v) is 14.7. The number of halogens is 1. The first kappa shape index (κ1) is 17.1. The van der Waals surface area contributed by atoms with Gasteiger partial charge in [-0.1, -0.05) is 0 Å². The lowest BCUT2D eigenvalue weighted by molar-refractivity contribution is 0.0760. The first-order chi connectivity index (χ1) is 13.1. The summed E-state index contributed by atoms with van der Waals surface area (Å²) in [5.41, 5.74) is 1.87. The van der Waals surface area contributed by atoms with E-state index in [4.69, 9.17) is 4.74 Å². The van der Waals surface area contributed by atoms with Crippen molar-refractivity contribution in [2.45, 2.75) is 12.5 Å². The van der Waals surface area contributed by atoms with Crippen molar-refractivity contribution in [3.63, 3.8) is 0 Å². The van der Waals surface area contributed by atoms with Crippen LogP contribution in [0.2, 0.25) is 0 Å². The SMILES string of the molecule is Cn1nc(-c2ccc(F)cc2)cc1C(=O)N1CCC(Oc2cccnn2)C1. The van der Waals surface area contributed by atoms with Crippen molar-refractivity contribution in [1.82, 2.24) is 24.9 Å². The Morgan fingerprint density at radius 3 is 2.81 bits per heavy atom. The van der Waals surface area contributed by atoms with Crippen LogP contribution in [-0.4, -0.2) is 50.0 Å². The monoisotopic (exact) mass is 367 g/mol. The molecule has 1 fully saturated rings. The normalized spacial score (nSPS) is 16.5. The number of hydrogen-bond donors (Lipinski definition) is 0. The summed E-state index contributed by atoms with van der Waals surface area (Å²) in [6.45, 7) is 1.08. The average molecular weight is 367 g/mol. The van der Waals surface area contributed by atoms with Crippen LogP contribution in [0.15, 0.2) is 48.7 Å². The minimum atomic E-state index is -0.308. The Labute approximate surface area is 155 Å². The van der Waals surface area contributed by atoms with Crippen LogP contribution in [0.5, 0.6) is 5.88 Å². The van der Waals surface area contributed by atoms with Gasteiger partial charge < -0.3 is 9.64 Å². The van der Waals surface area contributed by atoms with Crippen LogP contribution < -0.4 is 4.74 Å². The van der Waals surface area contributed by atoms with Crippen LogP contribution in [0.4, 0.5) is 4.39 Å². The molecule has 1 aliphatic rings. The molecular weight excluding hydrogens is 349 g/mol. The van der Waals surface area contributed by atoms with Gasteiger partial charge in [0.1, 0.15) is 17.6 Å². The van der Waals surface area contributed by atoms with E-state index >= 15 is 0 Å². The van der Waals surface area contributed by atoms with Gasteiger partial charge in [-0.2, -0.15) is 10.2 Å². The molecule has 0 radical (unpaired) electrons. The average Bonchev–Trinajstić information content (AvgIpc) is 3.29. The molecular formula is C19H18FN5O2. The van der Waals surface area contributed by atoms with E-state index in [1.54, 1.807) is 53.2 Å². The van der Waals surface area contributed by atoms with Gasteiger partial charge in [-0.25, -0.2) is 4.39 Å². The highest BCUT2D eigenvalue weighted by Crippen LogP contribution is 2.22. The standard InChI is InChI=1S/C19H18FN5O2/c1-24-17(11-16(23-24)13-4-6-14(20)7-5-13)19(26)25-10-8-15(12-25)27-18-3-2-9-21-22-18/h2-7,9,11,15H,8,10,12H2,1H3. The van der Waals surface area contributed by atoms with Crippen LogP contribution in [0.3, 0.4) is 0 Å². The molecule has 7 nitrogen and oxygen atoms in total. The third-order valence-corrected chi connectivity index (χ3v) is 4.51. The van der Waals surface area contributed by atoms with Gasteiger partial charge in [-0.3, -0.25) is 9.48 Å². The van der Waals surface area contributed by atoms with E-state index in [9.17, 15) is 9.18 Å². The largest absolute Gasteiger partial charge is 0.471 e. The second kappa shape index (κ2) is 7.14. The van der Waals surface area contributed by atoms with E-state index in [1.165, 1.54) is 12.1 Å². The lowest BCUT2D eigenvalue weighted by atomic mass is 10.1. The Morgan fingerprint density at radius 2 is 2.07 bits per heavy atom. The molecule has 0 spiro atoms. The van der Waals surface area contributed by atoms with Gasteiger partial charge in [0.25, 0.3) is 5.91 Å². The van der Waals surface area contributed by atoms with Crippen LogP contribution >= 0.6 is 0 Å². The van der Waals surface area contributed by atoms with Crippen molar-refractivity contribution in [3.8, 4) is 17.1 Å². The third-order valence-electron chi connectivity index (χ3n) is 4.51. The molecule has 2 aromatic heterocycles. The van der Waals surface area contributed by atoms with E-state index in [-0.39, 0.29) is 17.8 Å². The third kappa shape index (κ3) is 3.64. The van der Waals surface area contributed by atoms with Crippen LogP contribution in [-0.2, 0) is 7.05 Å². The van der Waals surface area contributed by atoms with E-state index < -0.39 is 0 Å². The number of likely N-dealkylation sites (tertiary alicyclic amines) is 1. The molecule has 0 saturated carbocycles. The summed E-state index contributed by atoms with van der Waals surface area (Å²) in [4.78, 5) is 14.6. The molecule has 1 unspecified atom stereocenters. The predicted molar refractivity (Wildman–Crippen MR) is 95.6 cm³/mol. The van der Waals surface area contributed by atoms with Gasteiger partial charge >= 0.3 is 0 Å². The zero-order chi connectivity index (χ0) is 18.8. The molecule has 3 aromatic rings. The number of nitrogens with zero attached hydrogens (tertiary/aromatic N) is 5. The summed E-state index contributed by atoms with van der Waals surface area (Å²) in [7, 11) is 1.73. The minimum Gasteiger partial charge on any atom is -0.471 e. The maximum absolute atomic E-state index is 13.1. The maximum atomic E-state index is 13.1. The first-order valence-corrected chi connectivity index (χ1v) is 8.64. The van der Waals surface area contributed by atoms with Crippen LogP contribution in [0.1, 0.15) is 16.9 Å². The van der Waals surface area contributed by atoms with Crippen molar-refractivity contribution in [2.24, 2.45) is 7.05 Å². The number of aromatic nitrogens is 4. The summed E-state index contributed by atoms with van der Waals surface area (Å²) in [5.74, 6) is 0.0386. The van der Waals surface area contributed by atoms with Gasteiger partial charge in [-0.05, 0) is 36.4 Å². The van der Waals surface area contributed by atoms with Crippen molar-refractivity contribution in [1.29, 1.82) is 0 Å². The molecule has 1 saturated heterocycles. The molecule has 138 valence electrons. The lowest BCUT2D eigenvalue weighted by Gasteiger charge is -2.16. The van der Waals surface area contributed by atoms with E-state index in [0.29, 0.717) is 30.4 Å². The second-order valence-electron chi connectivity index (χ2n) is 6.39. The number of carbonyl (C=O) groups is 1. The molecule has 0 aliphatic carbocycles. The molecule has 1 amide bonds. The highest BCUT2D eigenvalue weighted by Gasteiger charge is 2.30. The molecule has 8 heteroatoms. The number of ether oxygens (including phenoxy) is 1. The first-order valence-electron chi connectivity index (χ1n) is 8.64. The van der Waals surface area contributed by atoms with Gasteiger partial charge in [0.05, 0.1) is 12.2 Å². The number of benzene rings is 1. The number of aryl methyl sites for hydroxylation is 1. The predicted octanol–water partition coefficient (Wildman–Crippen LogP) is 2.31. The fourth-order valence-corrected chi connectivity index (χ4v) is 3.12. The van der Waals surface area contributed by atoms with Crippen molar-refractivity contribution in [3.05, 3.63) is 60.2 Å². The summed E-state index contributed by atoms with van der Waals surface area (Å²) >= 11 is 0. The van der Waals surface area contributed by atoms with Crippen LogP contribution in [0, 0.1) is 5.82 Å². The lowest BCUT2D eigenvalue weighted by Crippen LogP contribution is -2.32. The quantitative estimate of drug-likeness (QED) is 0.708. The van der Waals surface area contributed by atoms with Crippen molar-refractivity contribution < 1.29 is 13.9 Å². The molecule has 0 N–H and O–H groups in total. The van der Waals surface area contributed by atoms with Crippen LogP contribution in [0.25, 0.3) is 11.3 Å². The Hall–Kier alpha value is -3.29. The minimum absolute atomic E-state index is 0.108. The smallest absolute Gasteiger partial charge is 0.272 e. The van der Waals surface area contributed by atoms with Crippen molar-refractivity contribution >= 4 is 5.91 Å². The second-order valence-corrected chi connectivity index (χ2v) is 6.39. The Balaban J connectivity index is 1.46. The summed E-state index contributed by atoms with van der Waals surface area (Å²) in [6.07, 6.45) is 2.19. The number of hydrogen-bond acceptors (Lipinski definition) is 5. The van der Waals surface area contributed by atoms with E-state index in [2.05, 4.69) is 15.3 Å². The summed E-state index contributed by atoms with van der Waals surface area (Å²) in [5, 5.41) is 12.1. The number of rotatable bonds is 4. The fourth-order valence-electron chi connectivity index (χ4n) is 3.12. The fraction of sp³-hybridized carbons (Fsp3) is 0.263. The van der Waals surface area contributed by atoms with Gasteiger partial charge in [0.2, 0.25) is 5.88 Å². The molecule has 1 aliphatic heterocycles. The summed E-state index contributed by atoms with van der Waals surface area (Å²) in [6, 6.07) is 11.3. The van der Waals surface area contributed by atoms with E-state index in [0.717, 1.165) is 12.0 Å². The highest BCUT2D eigenvalue weighted by atomic mass is 19.1. The van der Waals surface area contributed by atoms with Gasteiger partial charge in [-0.15, -0.1) is 5.10 Å². The maximum Gasteiger partial charge on any atom is 0.272 e. The van der Waals surface area contributed by atoms with E-state index in [1.807, 2.05) is 0 Å². The topological polar surface area (TPSA) is 73.1 Å². The molecule has 4 rings (SSSR count). The Bertz CT molecular complexity index is 942. The molecule has 1 aromatic carbocycles. The number of amides is 1. The highest BCUT2D eigenvalue weighted by molar-refractivity contribution is 5.94. The Morgan fingerprint density at radius 1 is 1.26 bits per heavy atom. The molecule has 0 bridgehead atoms.